The minimum absolute atomic E-state index is 0.0654. The van der Waals surface area contributed by atoms with Gasteiger partial charge in [0.15, 0.2) is 0 Å². The number of alkyl halides is 2. The van der Waals surface area contributed by atoms with Gasteiger partial charge in [-0.05, 0) is 27.2 Å². The fourth-order valence-electron chi connectivity index (χ4n) is 3.23. The minimum atomic E-state index is -3.01. The number of aryl methyl sites for hydroxylation is 1. The molecule has 2 aliphatic heterocycles. The highest BCUT2D eigenvalue weighted by molar-refractivity contribution is 5.68. The van der Waals surface area contributed by atoms with Gasteiger partial charge in [0.05, 0.1) is 12.2 Å². The van der Waals surface area contributed by atoms with E-state index < -0.39 is 17.6 Å². The zero-order chi connectivity index (χ0) is 17.7. The number of halogens is 2. The van der Waals surface area contributed by atoms with Gasteiger partial charge in [-0.15, -0.1) is 0 Å². The summed E-state index contributed by atoms with van der Waals surface area (Å²) in [6, 6.07) is 0. The first-order valence-electron chi connectivity index (χ1n) is 8.18. The van der Waals surface area contributed by atoms with Crippen molar-refractivity contribution in [2.45, 2.75) is 64.6 Å². The van der Waals surface area contributed by atoms with Crippen molar-refractivity contribution in [3.63, 3.8) is 0 Å². The molecule has 0 radical (unpaired) electrons. The van der Waals surface area contributed by atoms with Crippen molar-refractivity contribution in [2.24, 2.45) is 0 Å². The second kappa shape index (κ2) is 5.57. The minimum Gasteiger partial charge on any atom is -0.444 e. The van der Waals surface area contributed by atoms with E-state index in [0.717, 1.165) is 0 Å². The topological polar surface area (TPSA) is 47.4 Å². The van der Waals surface area contributed by atoms with E-state index in [2.05, 4.69) is 11.7 Å². The average molecular weight is 339 g/mol. The van der Waals surface area contributed by atoms with Gasteiger partial charge in [-0.2, -0.15) is 13.9 Å². The molecule has 0 unspecified atom stereocenters. The van der Waals surface area contributed by atoms with Gasteiger partial charge in [0.1, 0.15) is 11.3 Å². The number of fused-ring (bicyclic) bond motifs is 3. The maximum atomic E-state index is 14.7. The molecular weight excluding hydrogens is 316 g/mol. The number of carbonyl (C=O) groups excluding carboxylic acids is 1. The maximum Gasteiger partial charge on any atom is 0.410 e. The van der Waals surface area contributed by atoms with Gasteiger partial charge < -0.3 is 9.64 Å². The highest BCUT2D eigenvalue weighted by Gasteiger charge is 2.43. The van der Waals surface area contributed by atoms with Crippen LogP contribution in [0.5, 0.6) is 0 Å². The molecule has 3 rings (SSSR count). The lowest BCUT2D eigenvalue weighted by atomic mass is 9.99. The molecule has 5 nitrogen and oxygen atoms in total. The van der Waals surface area contributed by atoms with Crippen LogP contribution < -0.4 is 0 Å². The fraction of sp³-hybridized carbons (Fsp3) is 0.647. The monoisotopic (exact) mass is 339 g/mol. The smallest absolute Gasteiger partial charge is 0.410 e. The fourth-order valence-corrected chi connectivity index (χ4v) is 3.23. The van der Waals surface area contributed by atoms with Crippen LogP contribution in [0.25, 0.3) is 0 Å². The molecule has 0 N–H and O–H groups in total. The molecule has 2 aliphatic rings. The summed E-state index contributed by atoms with van der Waals surface area (Å²) in [6.45, 7) is 10.0. The quantitative estimate of drug-likeness (QED) is 0.678. The Hall–Kier alpha value is -1.92. The van der Waals surface area contributed by atoms with Crippen LogP contribution in [-0.2, 0) is 30.2 Å². The summed E-state index contributed by atoms with van der Waals surface area (Å²) in [5.74, 6) is -3.01. The average Bonchev–Trinajstić information content (AvgIpc) is 2.75. The third-order valence-electron chi connectivity index (χ3n) is 4.25. The number of amides is 1. The molecule has 0 aliphatic carbocycles. The van der Waals surface area contributed by atoms with Crippen molar-refractivity contribution >= 4 is 6.09 Å². The lowest BCUT2D eigenvalue weighted by molar-refractivity contribution is -0.0121. The first-order valence-corrected chi connectivity index (χ1v) is 8.18. The van der Waals surface area contributed by atoms with Crippen LogP contribution in [0, 0.1) is 0 Å². The molecule has 3 heterocycles. The first kappa shape index (κ1) is 16.9. The predicted octanol–water partition coefficient (Wildman–Crippen LogP) is 3.62. The Morgan fingerprint density at radius 2 is 2.00 bits per heavy atom. The van der Waals surface area contributed by atoms with Crippen molar-refractivity contribution in [2.75, 3.05) is 6.54 Å². The second-order valence-corrected chi connectivity index (χ2v) is 7.53. The molecule has 132 valence electrons. The molecule has 0 fully saturated rings. The van der Waals surface area contributed by atoms with Gasteiger partial charge in [-0.25, -0.2) is 4.79 Å². The third-order valence-corrected chi connectivity index (χ3v) is 4.25. The Balaban J connectivity index is 1.91. The zero-order valence-electron chi connectivity index (χ0n) is 14.4. The largest absolute Gasteiger partial charge is 0.444 e. The van der Waals surface area contributed by atoms with Gasteiger partial charge in [0.2, 0.25) is 0 Å². The maximum absolute atomic E-state index is 14.7. The molecule has 0 aromatic carbocycles. The Morgan fingerprint density at radius 1 is 1.29 bits per heavy atom. The molecular formula is C17H23F2N3O2. The van der Waals surface area contributed by atoms with Crippen LogP contribution in [0.3, 0.4) is 0 Å². The van der Waals surface area contributed by atoms with Crippen LogP contribution in [0.4, 0.5) is 13.6 Å². The van der Waals surface area contributed by atoms with E-state index in [9.17, 15) is 13.6 Å². The highest BCUT2D eigenvalue weighted by Crippen LogP contribution is 2.41. The number of rotatable bonds is 0. The number of hydrogen-bond donors (Lipinski definition) is 0. The molecule has 0 saturated carbocycles. The number of nitrogens with zero attached hydrogens (tertiary/aromatic N) is 3. The summed E-state index contributed by atoms with van der Waals surface area (Å²) in [7, 11) is 0. The predicted molar refractivity (Wildman–Crippen MR) is 84.8 cm³/mol. The summed E-state index contributed by atoms with van der Waals surface area (Å²) >= 11 is 0. The molecule has 1 aromatic heterocycles. The third kappa shape index (κ3) is 3.16. The molecule has 1 amide bonds. The number of aromatic nitrogens is 2. The van der Waals surface area contributed by atoms with E-state index in [-0.39, 0.29) is 18.7 Å². The van der Waals surface area contributed by atoms with E-state index >= 15 is 0 Å². The van der Waals surface area contributed by atoms with E-state index in [1.165, 1.54) is 9.58 Å². The van der Waals surface area contributed by atoms with Crippen LogP contribution in [0.15, 0.2) is 12.2 Å². The number of allylic oxidation sites excluding steroid dienone is 1. The molecule has 0 atom stereocenters. The van der Waals surface area contributed by atoms with Crippen LogP contribution in [-0.4, -0.2) is 32.9 Å². The molecule has 7 heteroatoms. The lowest BCUT2D eigenvalue weighted by Gasteiger charge is -2.30. The number of hydrogen-bond acceptors (Lipinski definition) is 3. The van der Waals surface area contributed by atoms with Gasteiger partial charge >= 0.3 is 6.09 Å². The summed E-state index contributed by atoms with van der Waals surface area (Å²) in [5, 5.41) is 4.37. The second-order valence-electron chi connectivity index (χ2n) is 7.53. The SMILES string of the molecule is C=C1CCn2nc3c(c2C(F)(F)C1)CN(C(=O)OC(C)(C)C)CC3. The summed E-state index contributed by atoms with van der Waals surface area (Å²) in [5.41, 5.74) is 0.974. The molecule has 24 heavy (non-hydrogen) atoms. The zero-order valence-corrected chi connectivity index (χ0v) is 14.4. The Kier molecular flexibility index (Phi) is 3.92. The van der Waals surface area contributed by atoms with Gasteiger partial charge in [0, 0.05) is 31.5 Å². The van der Waals surface area contributed by atoms with Crippen molar-refractivity contribution in [1.82, 2.24) is 14.7 Å². The Morgan fingerprint density at radius 3 is 2.67 bits per heavy atom. The standard InChI is InChI=1S/C17H23F2N3O2/c1-11-5-8-22-14(17(18,19)9-11)12-10-21(7-6-13(12)20-22)15(23)24-16(2,3)4/h1,5-10H2,2-4H3. The summed E-state index contributed by atoms with van der Waals surface area (Å²) in [6.07, 6.45) is 0.122. The van der Waals surface area contributed by atoms with Crippen molar-refractivity contribution in [1.29, 1.82) is 0 Å². The van der Waals surface area contributed by atoms with Gasteiger partial charge in [-0.1, -0.05) is 12.2 Å². The van der Waals surface area contributed by atoms with Crippen LogP contribution >= 0.6 is 0 Å². The molecule has 0 spiro atoms. The van der Waals surface area contributed by atoms with Crippen LogP contribution in [0.2, 0.25) is 0 Å². The van der Waals surface area contributed by atoms with Crippen LogP contribution in [0.1, 0.15) is 50.6 Å². The summed E-state index contributed by atoms with van der Waals surface area (Å²) in [4.78, 5) is 13.7. The molecule has 1 aromatic rings. The number of ether oxygens (including phenoxy) is 1. The lowest BCUT2D eigenvalue weighted by Crippen LogP contribution is -2.40. The Bertz CT molecular complexity index is 689. The van der Waals surface area contributed by atoms with Crippen molar-refractivity contribution in [3.05, 3.63) is 29.1 Å². The number of carbonyl (C=O) groups is 1. The Labute approximate surface area is 140 Å². The first-order chi connectivity index (χ1) is 11.1. The molecule has 0 saturated heterocycles. The normalized spacial score (nSPS) is 20.2. The molecule has 0 bridgehead atoms. The van der Waals surface area contributed by atoms with Gasteiger partial charge in [-0.3, -0.25) is 4.68 Å². The van der Waals surface area contributed by atoms with Crippen molar-refractivity contribution in [3.8, 4) is 0 Å². The van der Waals surface area contributed by atoms with Crippen molar-refractivity contribution < 1.29 is 18.3 Å². The van der Waals surface area contributed by atoms with E-state index in [1.54, 1.807) is 20.8 Å². The van der Waals surface area contributed by atoms with Gasteiger partial charge in [0.25, 0.3) is 5.92 Å². The van der Waals surface area contributed by atoms with E-state index in [0.29, 0.717) is 42.8 Å². The highest BCUT2D eigenvalue weighted by atomic mass is 19.3. The van der Waals surface area contributed by atoms with E-state index in [1.807, 2.05) is 0 Å². The van der Waals surface area contributed by atoms with E-state index in [4.69, 9.17) is 4.74 Å². The summed E-state index contributed by atoms with van der Waals surface area (Å²) < 4.78 is 36.1.